The minimum Gasteiger partial charge on any atom is -0.288 e. The summed E-state index contributed by atoms with van der Waals surface area (Å²) in [6, 6.07) is 0. The fraction of sp³-hybridized carbons (Fsp3) is 0.250. The lowest BCUT2D eigenvalue weighted by Gasteiger charge is -1.81. The van der Waals surface area contributed by atoms with E-state index in [-0.39, 0.29) is 0 Å². The van der Waals surface area contributed by atoms with E-state index in [2.05, 4.69) is 12.6 Å². The molecule has 0 aliphatic carbocycles. The van der Waals surface area contributed by atoms with Crippen LogP contribution in [0.15, 0.2) is 11.5 Å². The van der Waals surface area contributed by atoms with E-state index in [1.165, 1.54) is 11.8 Å². The topological polar surface area (TPSA) is 23.9 Å². The average molecular weight is 133 g/mol. The van der Waals surface area contributed by atoms with Gasteiger partial charge in [0.15, 0.2) is 0 Å². The molecule has 0 rings (SSSR count). The van der Waals surface area contributed by atoms with Crippen LogP contribution >= 0.6 is 24.4 Å². The fourth-order valence-corrected chi connectivity index (χ4v) is 0.580. The molecule has 0 aliphatic heterocycles. The summed E-state index contributed by atoms with van der Waals surface area (Å²) in [5.41, 5.74) is 0. The van der Waals surface area contributed by atoms with Crippen molar-refractivity contribution in [1.29, 1.82) is 5.41 Å². The summed E-state index contributed by atoms with van der Waals surface area (Å²) in [7, 11) is 0. The van der Waals surface area contributed by atoms with Gasteiger partial charge in [0.2, 0.25) is 0 Å². The highest BCUT2D eigenvalue weighted by atomic mass is 32.2. The molecule has 0 saturated carbocycles. The summed E-state index contributed by atoms with van der Waals surface area (Å²) in [4.78, 5) is 0. The monoisotopic (exact) mass is 133 g/mol. The standard InChI is InChI=1S/C4H7NS2/c1-2-3-7-4(5)6/h2-3H,1H3,(H2,5,6)/b3-2-. The van der Waals surface area contributed by atoms with E-state index in [1.54, 1.807) is 0 Å². The van der Waals surface area contributed by atoms with Crippen LogP contribution in [0.4, 0.5) is 0 Å². The maximum absolute atomic E-state index is 6.77. The van der Waals surface area contributed by atoms with E-state index in [9.17, 15) is 0 Å². The Bertz CT molecular complexity index is 87.7. The average Bonchev–Trinajstić information content (AvgIpc) is 1.61. The first-order valence-corrected chi connectivity index (χ1v) is 3.15. The predicted molar refractivity (Wildman–Crippen MR) is 39.1 cm³/mol. The number of allylic oxidation sites excluding steroid dienone is 1. The van der Waals surface area contributed by atoms with E-state index in [0.717, 1.165) is 0 Å². The van der Waals surface area contributed by atoms with Crippen LogP contribution in [0.2, 0.25) is 0 Å². The highest BCUT2D eigenvalue weighted by Crippen LogP contribution is 2.05. The Morgan fingerprint density at radius 3 is 2.57 bits per heavy atom. The van der Waals surface area contributed by atoms with Crippen molar-refractivity contribution in [3.05, 3.63) is 11.5 Å². The van der Waals surface area contributed by atoms with Crippen molar-refractivity contribution in [3.8, 4) is 0 Å². The Labute approximate surface area is 53.1 Å². The van der Waals surface area contributed by atoms with Gasteiger partial charge >= 0.3 is 0 Å². The summed E-state index contributed by atoms with van der Waals surface area (Å²) in [5.74, 6) is 0. The number of thiol groups is 1. The van der Waals surface area contributed by atoms with Gasteiger partial charge in [-0.2, -0.15) is 0 Å². The largest absolute Gasteiger partial charge is 0.288 e. The zero-order chi connectivity index (χ0) is 5.70. The summed E-state index contributed by atoms with van der Waals surface area (Å²) in [6.07, 6.45) is 1.87. The Morgan fingerprint density at radius 1 is 1.86 bits per heavy atom. The molecule has 1 N–H and O–H groups in total. The van der Waals surface area contributed by atoms with Gasteiger partial charge in [-0.25, -0.2) is 0 Å². The SMILES string of the molecule is C/C=C\SC(=N)S. The third kappa shape index (κ3) is 6.11. The molecule has 0 radical (unpaired) electrons. The highest BCUT2D eigenvalue weighted by Gasteiger charge is 1.78. The molecule has 0 aliphatic rings. The van der Waals surface area contributed by atoms with Gasteiger partial charge in [0.1, 0.15) is 4.38 Å². The second-order valence-corrected chi connectivity index (χ2v) is 2.56. The third-order valence-corrected chi connectivity index (χ3v) is 1.26. The molecule has 0 saturated heterocycles. The molecule has 3 heteroatoms. The van der Waals surface area contributed by atoms with Gasteiger partial charge in [-0.3, -0.25) is 5.41 Å². The van der Waals surface area contributed by atoms with Crippen LogP contribution in [0.25, 0.3) is 0 Å². The second kappa shape index (κ2) is 4.27. The molecule has 0 heterocycles. The molecular formula is C4H7NS2. The van der Waals surface area contributed by atoms with E-state index in [1.807, 2.05) is 18.4 Å². The summed E-state index contributed by atoms with van der Waals surface area (Å²) in [6.45, 7) is 1.91. The second-order valence-electron chi connectivity index (χ2n) is 0.892. The first kappa shape index (κ1) is 7.11. The van der Waals surface area contributed by atoms with E-state index >= 15 is 0 Å². The molecule has 0 aromatic rings. The van der Waals surface area contributed by atoms with Crippen molar-refractivity contribution < 1.29 is 0 Å². The van der Waals surface area contributed by atoms with Crippen LogP contribution in [-0.2, 0) is 0 Å². The van der Waals surface area contributed by atoms with Crippen molar-refractivity contribution in [2.45, 2.75) is 6.92 Å². The summed E-state index contributed by atoms with van der Waals surface area (Å²) >= 11 is 5.03. The lowest BCUT2D eigenvalue weighted by molar-refractivity contribution is 1.59. The number of nitrogens with one attached hydrogen (secondary N) is 1. The molecule has 1 nitrogen and oxygen atoms in total. The molecule has 0 amide bonds. The Morgan fingerprint density at radius 2 is 2.43 bits per heavy atom. The van der Waals surface area contributed by atoms with E-state index < -0.39 is 0 Å². The van der Waals surface area contributed by atoms with Gasteiger partial charge < -0.3 is 0 Å². The molecular weight excluding hydrogens is 126 g/mol. The fourth-order valence-electron chi connectivity index (χ4n) is 0.132. The third-order valence-electron chi connectivity index (χ3n) is 0.316. The lowest BCUT2D eigenvalue weighted by Crippen LogP contribution is -1.64. The minimum atomic E-state index is 0.332. The molecule has 0 aromatic carbocycles. The molecule has 7 heavy (non-hydrogen) atoms. The van der Waals surface area contributed by atoms with Gasteiger partial charge in [-0.1, -0.05) is 17.8 Å². The van der Waals surface area contributed by atoms with Crippen LogP contribution < -0.4 is 0 Å². The zero-order valence-corrected chi connectivity index (χ0v) is 5.72. The maximum atomic E-state index is 6.77. The lowest BCUT2D eigenvalue weighted by atomic mass is 10.8. The zero-order valence-electron chi connectivity index (χ0n) is 4.01. The predicted octanol–water partition coefficient (Wildman–Crippen LogP) is 2.12. The first-order chi connectivity index (χ1) is 3.27. The maximum Gasteiger partial charge on any atom is 0.122 e. The Hall–Kier alpha value is 0.110. The molecule has 0 bridgehead atoms. The van der Waals surface area contributed by atoms with E-state index in [4.69, 9.17) is 5.41 Å². The molecule has 0 fully saturated rings. The number of thioether (sulfide) groups is 1. The molecule has 0 unspecified atom stereocenters. The van der Waals surface area contributed by atoms with Crippen LogP contribution in [0.5, 0.6) is 0 Å². The highest BCUT2D eigenvalue weighted by molar-refractivity contribution is 8.33. The van der Waals surface area contributed by atoms with Crippen molar-refractivity contribution in [2.75, 3.05) is 0 Å². The van der Waals surface area contributed by atoms with Crippen molar-refractivity contribution in [3.63, 3.8) is 0 Å². The van der Waals surface area contributed by atoms with Gasteiger partial charge in [0.05, 0.1) is 0 Å². The van der Waals surface area contributed by atoms with Gasteiger partial charge in [0.25, 0.3) is 0 Å². The minimum absolute atomic E-state index is 0.332. The van der Waals surface area contributed by atoms with E-state index in [0.29, 0.717) is 4.38 Å². The van der Waals surface area contributed by atoms with Crippen molar-refractivity contribution in [1.82, 2.24) is 0 Å². The number of hydrogen-bond donors (Lipinski definition) is 2. The number of hydrogen-bond acceptors (Lipinski definition) is 2. The number of rotatable bonds is 1. The molecule has 0 atom stereocenters. The first-order valence-electron chi connectivity index (χ1n) is 1.82. The van der Waals surface area contributed by atoms with Crippen LogP contribution in [0, 0.1) is 5.41 Å². The van der Waals surface area contributed by atoms with Gasteiger partial charge in [0, 0.05) is 0 Å². The normalized spacial score (nSPS) is 10.0. The quantitative estimate of drug-likeness (QED) is 0.319. The molecule has 0 aromatic heterocycles. The Balaban J connectivity index is 3.14. The van der Waals surface area contributed by atoms with Crippen molar-refractivity contribution >= 4 is 28.8 Å². The molecule has 0 spiro atoms. The van der Waals surface area contributed by atoms with Gasteiger partial charge in [-0.05, 0) is 12.3 Å². The summed E-state index contributed by atoms with van der Waals surface area (Å²) < 4.78 is 0.332. The van der Waals surface area contributed by atoms with Crippen LogP contribution in [0.1, 0.15) is 6.92 Å². The van der Waals surface area contributed by atoms with Gasteiger partial charge in [-0.15, -0.1) is 12.6 Å². The molecule has 40 valence electrons. The van der Waals surface area contributed by atoms with Crippen molar-refractivity contribution in [2.24, 2.45) is 0 Å². The summed E-state index contributed by atoms with van der Waals surface area (Å²) in [5, 5.41) is 8.59. The van der Waals surface area contributed by atoms with Crippen LogP contribution in [0.3, 0.4) is 0 Å². The Kier molecular flexibility index (Phi) is 4.34. The smallest absolute Gasteiger partial charge is 0.122 e. The van der Waals surface area contributed by atoms with Crippen LogP contribution in [-0.4, -0.2) is 4.38 Å².